The lowest BCUT2D eigenvalue weighted by Gasteiger charge is -2.33. The number of piperidine rings is 1. The molecule has 1 atom stereocenters. The maximum absolute atomic E-state index is 5.76. The predicted octanol–water partition coefficient (Wildman–Crippen LogP) is 3.45. The molecule has 1 unspecified atom stereocenters. The Morgan fingerprint density at radius 2 is 1.97 bits per heavy atom. The van der Waals surface area contributed by atoms with Crippen LogP contribution in [0.15, 0.2) is 52.1 Å². The number of benzene rings is 1. The van der Waals surface area contributed by atoms with Crippen LogP contribution in [0.1, 0.15) is 43.8 Å². The van der Waals surface area contributed by atoms with E-state index in [0.717, 1.165) is 54.8 Å². The van der Waals surface area contributed by atoms with Crippen LogP contribution in [0.5, 0.6) is 0 Å². The van der Waals surface area contributed by atoms with Gasteiger partial charge in [-0.25, -0.2) is 9.98 Å². The molecule has 4 rings (SSSR count). The average molecular weight is 409 g/mol. The molecule has 1 fully saturated rings. The van der Waals surface area contributed by atoms with Crippen molar-refractivity contribution >= 4 is 17.0 Å². The smallest absolute Gasteiger partial charge is 0.191 e. The third-order valence-electron chi connectivity index (χ3n) is 5.77. The van der Waals surface area contributed by atoms with Crippen LogP contribution >= 0.6 is 0 Å². The zero-order valence-corrected chi connectivity index (χ0v) is 18.0. The van der Waals surface area contributed by atoms with Crippen molar-refractivity contribution in [2.24, 2.45) is 12.0 Å². The number of likely N-dealkylation sites (tertiary alicyclic amines) is 1. The van der Waals surface area contributed by atoms with E-state index in [2.05, 4.69) is 39.2 Å². The molecule has 160 valence electrons. The second-order valence-electron chi connectivity index (χ2n) is 7.78. The van der Waals surface area contributed by atoms with E-state index in [4.69, 9.17) is 14.4 Å². The first-order valence-corrected chi connectivity index (χ1v) is 11.0. The Labute approximate surface area is 178 Å². The highest BCUT2D eigenvalue weighted by atomic mass is 16.3. The van der Waals surface area contributed by atoms with Crippen molar-refractivity contribution in [2.45, 2.75) is 38.8 Å². The molecule has 0 saturated carbocycles. The Balaban J connectivity index is 1.46. The van der Waals surface area contributed by atoms with Gasteiger partial charge in [0.15, 0.2) is 5.96 Å². The van der Waals surface area contributed by atoms with Gasteiger partial charge in [0.05, 0.1) is 23.3 Å². The minimum absolute atomic E-state index is 0.208. The number of hydrogen-bond donors (Lipinski definition) is 2. The molecule has 0 amide bonds. The van der Waals surface area contributed by atoms with Crippen LogP contribution < -0.4 is 10.6 Å². The number of aromatic nitrogens is 2. The first kappa shape index (κ1) is 20.5. The van der Waals surface area contributed by atoms with Crippen LogP contribution in [-0.2, 0) is 13.6 Å². The van der Waals surface area contributed by atoms with E-state index in [9.17, 15) is 0 Å². The van der Waals surface area contributed by atoms with Gasteiger partial charge in [-0.05, 0) is 57.1 Å². The lowest BCUT2D eigenvalue weighted by Crippen LogP contribution is -2.44. The maximum Gasteiger partial charge on any atom is 0.191 e. The molecule has 1 saturated heterocycles. The number of aliphatic imine (C=N–C) groups is 1. The van der Waals surface area contributed by atoms with Gasteiger partial charge in [0.25, 0.3) is 0 Å². The van der Waals surface area contributed by atoms with Gasteiger partial charge in [-0.2, -0.15) is 0 Å². The van der Waals surface area contributed by atoms with Crippen LogP contribution in [0.4, 0.5) is 0 Å². The van der Waals surface area contributed by atoms with E-state index >= 15 is 0 Å². The fourth-order valence-corrected chi connectivity index (χ4v) is 4.14. The molecule has 0 radical (unpaired) electrons. The van der Waals surface area contributed by atoms with E-state index in [1.165, 1.54) is 19.3 Å². The molecule has 1 aromatic carbocycles. The Morgan fingerprint density at radius 3 is 2.70 bits per heavy atom. The summed E-state index contributed by atoms with van der Waals surface area (Å²) in [5.41, 5.74) is 2.13. The number of fused-ring (bicyclic) bond motifs is 1. The third kappa shape index (κ3) is 4.67. The number of nitrogens with zero attached hydrogens (tertiary/aromatic N) is 4. The van der Waals surface area contributed by atoms with Crippen LogP contribution in [0.25, 0.3) is 11.0 Å². The highest BCUT2D eigenvalue weighted by molar-refractivity contribution is 5.80. The van der Waals surface area contributed by atoms with Crippen molar-refractivity contribution in [3.05, 3.63) is 54.2 Å². The van der Waals surface area contributed by atoms with Gasteiger partial charge in [-0.3, -0.25) is 4.90 Å². The lowest BCUT2D eigenvalue weighted by atomic mass is 10.1. The number of guanidine groups is 1. The van der Waals surface area contributed by atoms with Crippen molar-refractivity contribution in [1.82, 2.24) is 25.1 Å². The molecular formula is C23H32N6O. The van der Waals surface area contributed by atoms with Crippen molar-refractivity contribution in [1.29, 1.82) is 0 Å². The second kappa shape index (κ2) is 9.80. The van der Waals surface area contributed by atoms with Gasteiger partial charge in [0.1, 0.15) is 18.1 Å². The predicted molar refractivity (Wildman–Crippen MR) is 120 cm³/mol. The molecule has 0 bridgehead atoms. The molecule has 2 aromatic heterocycles. The summed E-state index contributed by atoms with van der Waals surface area (Å²) in [7, 11) is 2.05. The molecule has 0 aliphatic carbocycles. The molecule has 1 aliphatic rings. The second-order valence-corrected chi connectivity index (χ2v) is 7.78. The third-order valence-corrected chi connectivity index (χ3v) is 5.77. The molecule has 0 spiro atoms. The van der Waals surface area contributed by atoms with Crippen LogP contribution in [0, 0.1) is 0 Å². The quantitative estimate of drug-likeness (QED) is 0.463. The minimum Gasteiger partial charge on any atom is -0.468 e. The minimum atomic E-state index is 0.208. The zero-order valence-electron chi connectivity index (χ0n) is 18.0. The van der Waals surface area contributed by atoms with Crippen LogP contribution in [-0.4, -0.2) is 46.6 Å². The van der Waals surface area contributed by atoms with Crippen molar-refractivity contribution in [2.75, 3.05) is 26.2 Å². The number of furan rings is 1. The summed E-state index contributed by atoms with van der Waals surface area (Å²) < 4.78 is 7.88. The summed E-state index contributed by atoms with van der Waals surface area (Å²) >= 11 is 0. The Bertz CT molecular complexity index is 955. The number of nitrogens with one attached hydrogen (secondary N) is 2. The number of rotatable bonds is 7. The highest BCUT2D eigenvalue weighted by Crippen LogP contribution is 2.24. The summed E-state index contributed by atoms with van der Waals surface area (Å²) in [6.07, 6.45) is 5.57. The Morgan fingerprint density at radius 1 is 1.13 bits per heavy atom. The monoisotopic (exact) mass is 408 g/mol. The normalized spacial score (nSPS) is 16.7. The summed E-state index contributed by atoms with van der Waals surface area (Å²) in [6, 6.07) is 12.4. The zero-order chi connectivity index (χ0) is 20.8. The summed E-state index contributed by atoms with van der Waals surface area (Å²) in [4.78, 5) is 12.0. The van der Waals surface area contributed by atoms with Gasteiger partial charge in [0, 0.05) is 20.1 Å². The van der Waals surface area contributed by atoms with Gasteiger partial charge < -0.3 is 19.6 Å². The highest BCUT2D eigenvalue weighted by Gasteiger charge is 2.24. The summed E-state index contributed by atoms with van der Waals surface area (Å²) in [6.45, 7) is 6.39. The molecule has 30 heavy (non-hydrogen) atoms. The molecule has 1 aliphatic heterocycles. The van der Waals surface area contributed by atoms with Gasteiger partial charge in [-0.15, -0.1) is 0 Å². The Kier molecular flexibility index (Phi) is 6.69. The topological polar surface area (TPSA) is 70.6 Å². The van der Waals surface area contributed by atoms with Crippen LogP contribution in [0.3, 0.4) is 0 Å². The van der Waals surface area contributed by atoms with E-state index in [0.29, 0.717) is 6.54 Å². The maximum atomic E-state index is 5.76. The largest absolute Gasteiger partial charge is 0.468 e. The number of para-hydroxylation sites is 2. The van der Waals surface area contributed by atoms with E-state index in [1.54, 1.807) is 6.26 Å². The summed E-state index contributed by atoms with van der Waals surface area (Å²) in [5.74, 6) is 2.76. The summed E-state index contributed by atoms with van der Waals surface area (Å²) in [5, 5.41) is 6.89. The molecule has 3 heterocycles. The Hall–Kier alpha value is -2.80. The molecule has 2 N–H and O–H groups in total. The van der Waals surface area contributed by atoms with Crippen molar-refractivity contribution in [3.8, 4) is 0 Å². The SMILES string of the molecule is CCNC(=NCc1nc2ccccc2n1C)NCC(c1ccco1)N1CCCCC1. The molecule has 7 heteroatoms. The molecule has 3 aromatic rings. The average Bonchev–Trinajstić information content (AvgIpc) is 3.42. The first-order valence-electron chi connectivity index (χ1n) is 11.0. The van der Waals surface area contributed by atoms with Gasteiger partial charge >= 0.3 is 0 Å². The fraction of sp³-hybridized carbons (Fsp3) is 0.478. The lowest BCUT2D eigenvalue weighted by molar-refractivity contribution is 0.146. The fourth-order valence-electron chi connectivity index (χ4n) is 4.14. The number of imidazole rings is 1. The van der Waals surface area contributed by atoms with Crippen LogP contribution in [0.2, 0.25) is 0 Å². The van der Waals surface area contributed by atoms with Crippen molar-refractivity contribution < 1.29 is 4.42 Å². The molecule has 7 nitrogen and oxygen atoms in total. The number of aryl methyl sites for hydroxylation is 1. The number of hydrogen-bond acceptors (Lipinski definition) is 4. The van der Waals surface area contributed by atoms with Crippen molar-refractivity contribution in [3.63, 3.8) is 0 Å². The van der Waals surface area contributed by atoms with E-state index in [1.807, 2.05) is 31.3 Å². The van der Waals surface area contributed by atoms with Gasteiger partial charge in [-0.1, -0.05) is 18.6 Å². The first-order chi connectivity index (χ1) is 14.8. The van der Waals surface area contributed by atoms with E-state index < -0.39 is 0 Å². The van der Waals surface area contributed by atoms with Gasteiger partial charge in [0.2, 0.25) is 0 Å². The standard InChI is InChI=1S/C23H32N6O/c1-3-24-23(26-17-22-27-18-10-5-6-11-19(18)28(22)2)25-16-20(21-12-9-15-30-21)29-13-7-4-8-14-29/h5-6,9-12,15,20H,3-4,7-8,13-14,16-17H2,1-2H3,(H2,24,25,26). The van der Waals surface area contributed by atoms with E-state index in [-0.39, 0.29) is 6.04 Å². The molecular weight excluding hydrogens is 376 g/mol.